The summed E-state index contributed by atoms with van der Waals surface area (Å²) in [6, 6.07) is 0. The van der Waals surface area contributed by atoms with Crippen LogP contribution < -0.4 is 0 Å². The Balaban J connectivity index is 4.38. The zero-order chi connectivity index (χ0) is 57.8. The van der Waals surface area contributed by atoms with E-state index in [4.69, 9.17) is 14.2 Å². The molecule has 6 heteroatoms. The molecule has 0 amide bonds. The zero-order valence-corrected chi connectivity index (χ0v) is 51.8. The van der Waals surface area contributed by atoms with Crippen molar-refractivity contribution in [3.05, 3.63) is 146 Å². The fourth-order valence-electron chi connectivity index (χ4n) is 8.68. The van der Waals surface area contributed by atoms with E-state index in [9.17, 15) is 14.4 Å². The molecule has 0 aliphatic heterocycles. The Morgan fingerprint density at radius 2 is 0.512 bits per heavy atom. The van der Waals surface area contributed by atoms with Gasteiger partial charge in [0, 0.05) is 19.3 Å². The van der Waals surface area contributed by atoms with Gasteiger partial charge in [0.25, 0.3) is 0 Å². The minimum absolute atomic E-state index is 0.101. The van der Waals surface area contributed by atoms with Gasteiger partial charge in [-0.05, 0) is 122 Å². The highest BCUT2D eigenvalue weighted by molar-refractivity contribution is 5.71. The second kappa shape index (κ2) is 66.8. The van der Waals surface area contributed by atoms with Crippen LogP contribution in [0.2, 0.25) is 0 Å². The molecule has 1 unspecified atom stereocenters. The van der Waals surface area contributed by atoms with Gasteiger partial charge in [-0.15, -0.1) is 0 Å². The SMILES string of the molecule is CC/C=C\C/C=C\C/C=C\C/C=C\C/C=C\C/C=C\C/C=C\C/C=C\C/C=C\C/C=C\CCCCC(=O)OCC(COC(=O)CCCCCCC/C=C\C/C=C\CCC)OC(=O)CCCCCCCCCCCCCCCCCC. The topological polar surface area (TPSA) is 78.9 Å². The predicted molar refractivity (Wildman–Crippen MR) is 348 cm³/mol. The van der Waals surface area contributed by atoms with Gasteiger partial charge in [0.15, 0.2) is 6.10 Å². The molecule has 0 N–H and O–H groups in total. The summed E-state index contributed by atoms with van der Waals surface area (Å²) in [5, 5.41) is 0. The number of allylic oxidation sites excluding steroid dienone is 24. The van der Waals surface area contributed by atoms with Crippen molar-refractivity contribution in [2.24, 2.45) is 0 Å². The number of carbonyl (C=O) groups excluding carboxylic acids is 3. The molecule has 6 nitrogen and oxygen atoms in total. The Bertz CT molecular complexity index is 1750. The molecule has 0 rings (SSSR count). The van der Waals surface area contributed by atoms with Crippen LogP contribution in [0.3, 0.4) is 0 Å². The maximum absolute atomic E-state index is 12.9. The van der Waals surface area contributed by atoms with E-state index in [0.717, 1.165) is 148 Å². The van der Waals surface area contributed by atoms with Crippen LogP contribution in [-0.2, 0) is 28.6 Å². The van der Waals surface area contributed by atoms with Gasteiger partial charge in [0.1, 0.15) is 13.2 Å². The zero-order valence-electron chi connectivity index (χ0n) is 51.8. The van der Waals surface area contributed by atoms with Crippen molar-refractivity contribution in [1.29, 1.82) is 0 Å². The first-order valence-electron chi connectivity index (χ1n) is 32.8. The van der Waals surface area contributed by atoms with E-state index >= 15 is 0 Å². The molecule has 0 aliphatic rings. The molecule has 0 aromatic rings. The van der Waals surface area contributed by atoms with E-state index in [1.807, 2.05) is 0 Å². The lowest BCUT2D eigenvalue weighted by Crippen LogP contribution is -2.30. The molecule has 1 atom stereocenters. The molecule has 0 saturated carbocycles. The molecule has 0 bridgehead atoms. The van der Waals surface area contributed by atoms with Crippen LogP contribution >= 0.6 is 0 Å². The summed E-state index contributed by atoms with van der Waals surface area (Å²) in [7, 11) is 0. The standard InChI is InChI=1S/C74H120O6/c1-4-7-10-13-16-19-22-25-27-29-30-31-32-33-34-35-36-37-38-39-40-41-42-43-44-45-47-49-52-55-58-61-64-67-73(76)79-70-71(69-78-72(75)66-63-60-57-54-51-48-24-21-18-15-12-9-6-3)80-74(77)68-65-62-59-56-53-50-46-28-26-23-20-17-14-11-8-5-2/h7,10,12,15-16,19,21,24-25,27,30-31,33-34,36-37,39-40,42-43,45,47,52,55,71H,4-6,8-9,11,13-14,17-18,20,22-23,26,28-29,32,35,38,41,44,46,48-51,53-54,56-70H2,1-3H3/b10-7-,15-12-,19-16-,24-21-,27-25-,31-30-,34-33-,37-36-,40-39-,43-42-,47-45-,55-52-. The van der Waals surface area contributed by atoms with Crippen molar-refractivity contribution >= 4 is 17.9 Å². The summed E-state index contributed by atoms with van der Waals surface area (Å²) in [6.07, 6.45) is 95.7. The Morgan fingerprint density at radius 1 is 0.263 bits per heavy atom. The minimum atomic E-state index is -0.806. The number of esters is 3. The quantitative estimate of drug-likeness (QED) is 0.0261. The highest BCUT2D eigenvalue weighted by Gasteiger charge is 2.19. The van der Waals surface area contributed by atoms with E-state index < -0.39 is 6.10 Å². The average molecular weight is 1110 g/mol. The van der Waals surface area contributed by atoms with E-state index in [1.54, 1.807) is 0 Å². The van der Waals surface area contributed by atoms with Gasteiger partial charge in [-0.2, -0.15) is 0 Å². The van der Waals surface area contributed by atoms with Crippen LogP contribution in [0, 0.1) is 0 Å². The van der Waals surface area contributed by atoms with Gasteiger partial charge in [-0.25, -0.2) is 0 Å². The first kappa shape index (κ1) is 75.3. The number of unbranched alkanes of at least 4 members (excludes halogenated alkanes) is 23. The van der Waals surface area contributed by atoms with Crippen LogP contribution in [0.5, 0.6) is 0 Å². The Kier molecular flexibility index (Phi) is 62.9. The third kappa shape index (κ3) is 64.1. The van der Waals surface area contributed by atoms with Crippen molar-refractivity contribution in [2.75, 3.05) is 13.2 Å². The lowest BCUT2D eigenvalue weighted by atomic mass is 10.0. The van der Waals surface area contributed by atoms with Gasteiger partial charge in [0.05, 0.1) is 0 Å². The second-order valence-corrected chi connectivity index (χ2v) is 21.3. The molecule has 0 aliphatic carbocycles. The molecular formula is C74H120O6. The molecule has 0 saturated heterocycles. The van der Waals surface area contributed by atoms with Gasteiger partial charge in [-0.3, -0.25) is 14.4 Å². The highest BCUT2D eigenvalue weighted by Crippen LogP contribution is 2.16. The first-order chi connectivity index (χ1) is 39.5. The Hall–Kier alpha value is -4.71. The summed E-state index contributed by atoms with van der Waals surface area (Å²) >= 11 is 0. The van der Waals surface area contributed by atoms with Crippen molar-refractivity contribution in [1.82, 2.24) is 0 Å². The smallest absolute Gasteiger partial charge is 0.306 e. The summed E-state index contributed by atoms with van der Waals surface area (Å²) in [6.45, 7) is 6.42. The molecule has 452 valence electrons. The number of rotatable bonds is 58. The van der Waals surface area contributed by atoms with Crippen molar-refractivity contribution in [3.63, 3.8) is 0 Å². The number of hydrogen-bond donors (Lipinski definition) is 0. The van der Waals surface area contributed by atoms with E-state index in [0.29, 0.717) is 25.7 Å². The third-order valence-electron chi connectivity index (χ3n) is 13.6. The van der Waals surface area contributed by atoms with Crippen LogP contribution in [0.15, 0.2) is 146 Å². The first-order valence-corrected chi connectivity index (χ1v) is 32.8. The summed E-state index contributed by atoms with van der Waals surface area (Å²) in [4.78, 5) is 38.3. The molecule has 0 aromatic heterocycles. The van der Waals surface area contributed by atoms with Gasteiger partial charge in [-0.1, -0.05) is 289 Å². The Morgan fingerprint density at radius 3 is 0.838 bits per heavy atom. The number of hydrogen-bond acceptors (Lipinski definition) is 6. The Labute approximate surface area is 493 Å². The van der Waals surface area contributed by atoms with Crippen molar-refractivity contribution in [3.8, 4) is 0 Å². The van der Waals surface area contributed by atoms with Crippen molar-refractivity contribution in [2.45, 2.75) is 290 Å². The highest BCUT2D eigenvalue weighted by atomic mass is 16.6. The van der Waals surface area contributed by atoms with Crippen molar-refractivity contribution < 1.29 is 28.6 Å². The largest absolute Gasteiger partial charge is 0.462 e. The molecule has 0 fully saturated rings. The predicted octanol–water partition coefficient (Wildman–Crippen LogP) is 22.7. The molecule has 0 radical (unpaired) electrons. The number of carbonyl (C=O) groups is 3. The summed E-state index contributed by atoms with van der Waals surface area (Å²) < 4.78 is 16.9. The van der Waals surface area contributed by atoms with E-state index in [-0.39, 0.29) is 31.1 Å². The summed E-state index contributed by atoms with van der Waals surface area (Å²) in [5.41, 5.74) is 0. The van der Waals surface area contributed by atoms with E-state index in [2.05, 4.69) is 167 Å². The summed E-state index contributed by atoms with van der Waals surface area (Å²) in [5.74, 6) is -0.957. The fraction of sp³-hybridized carbons (Fsp3) is 0.635. The molecule has 80 heavy (non-hydrogen) atoms. The molecule has 0 heterocycles. The van der Waals surface area contributed by atoms with Gasteiger partial charge < -0.3 is 14.2 Å². The average Bonchev–Trinajstić information content (AvgIpc) is 3.46. The van der Waals surface area contributed by atoms with Crippen LogP contribution in [-0.4, -0.2) is 37.2 Å². The van der Waals surface area contributed by atoms with Crippen LogP contribution in [0.1, 0.15) is 284 Å². The third-order valence-corrected chi connectivity index (χ3v) is 13.6. The fourth-order valence-corrected chi connectivity index (χ4v) is 8.68. The molecular weight excluding hydrogens is 985 g/mol. The normalized spacial score (nSPS) is 13.1. The maximum Gasteiger partial charge on any atom is 0.306 e. The lowest BCUT2D eigenvalue weighted by molar-refractivity contribution is -0.167. The lowest BCUT2D eigenvalue weighted by Gasteiger charge is -2.18. The van der Waals surface area contributed by atoms with Gasteiger partial charge >= 0.3 is 17.9 Å². The maximum atomic E-state index is 12.9. The molecule has 0 spiro atoms. The minimum Gasteiger partial charge on any atom is -0.462 e. The van der Waals surface area contributed by atoms with Crippen LogP contribution in [0.4, 0.5) is 0 Å². The van der Waals surface area contributed by atoms with Gasteiger partial charge in [0.2, 0.25) is 0 Å². The number of ether oxygens (including phenoxy) is 3. The van der Waals surface area contributed by atoms with E-state index in [1.165, 1.54) is 89.9 Å². The second-order valence-electron chi connectivity index (χ2n) is 21.3. The molecule has 0 aromatic carbocycles. The van der Waals surface area contributed by atoms with Crippen LogP contribution in [0.25, 0.3) is 0 Å². The monoisotopic (exact) mass is 1100 g/mol.